The van der Waals surface area contributed by atoms with Gasteiger partial charge in [0.1, 0.15) is 17.5 Å². The average Bonchev–Trinajstić information content (AvgIpc) is 2.85. The molecule has 3 N–H and O–H groups in total. The van der Waals surface area contributed by atoms with E-state index in [1.165, 1.54) is 0 Å². The van der Waals surface area contributed by atoms with Crippen LogP contribution in [-0.4, -0.2) is 4.98 Å². The molecule has 0 unspecified atom stereocenters. The summed E-state index contributed by atoms with van der Waals surface area (Å²) < 4.78 is 11.1. The first kappa shape index (κ1) is 12.0. The van der Waals surface area contributed by atoms with Gasteiger partial charge < -0.3 is 14.6 Å². The molecular weight excluding hydrogens is 256 g/mol. The number of furan rings is 1. The lowest BCUT2D eigenvalue weighted by molar-refractivity contribution is 0.451. The van der Waals surface area contributed by atoms with Crippen LogP contribution < -0.4 is 16.0 Å². The van der Waals surface area contributed by atoms with E-state index in [-0.39, 0.29) is 5.76 Å². The number of nitrogens with one attached hydrogen (secondary N) is 1. The van der Waals surface area contributed by atoms with Crippen LogP contribution in [0.15, 0.2) is 46.9 Å². The molecule has 98 valence electrons. The Balaban J connectivity index is 2.07. The number of anilines is 1. The molecule has 0 saturated carbocycles. The number of nitrogens with zero attached hydrogens (tertiary/aromatic N) is 2. The van der Waals surface area contributed by atoms with Crippen LogP contribution in [0.25, 0.3) is 11.0 Å². The number of hydrazine groups is 1. The number of aromatic nitrogens is 1. The maximum atomic E-state index is 9.12. The average molecular weight is 266 g/mol. The molecule has 0 aliphatic rings. The van der Waals surface area contributed by atoms with Crippen molar-refractivity contribution in [3.05, 3.63) is 48.2 Å². The van der Waals surface area contributed by atoms with Crippen LogP contribution in [0.5, 0.6) is 11.6 Å². The molecule has 0 fully saturated rings. The number of pyridine rings is 1. The van der Waals surface area contributed by atoms with E-state index in [2.05, 4.69) is 10.4 Å². The van der Waals surface area contributed by atoms with Gasteiger partial charge in [-0.1, -0.05) is 18.2 Å². The summed E-state index contributed by atoms with van der Waals surface area (Å²) in [6.07, 6.45) is 0. The quantitative estimate of drug-likeness (QED) is 0.558. The number of benzene rings is 1. The molecule has 0 saturated heterocycles. The Morgan fingerprint density at radius 2 is 2.05 bits per heavy atom. The second-order valence-corrected chi connectivity index (χ2v) is 3.98. The number of fused-ring (bicyclic) bond motifs is 1. The van der Waals surface area contributed by atoms with Crippen LogP contribution in [-0.2, 0) is 0 Å². The number of nitriles is 1. The molecule has 0 aliphatic heterocycles. The lowest BCUT2D eigenvalue weighted by Crippen LogP contribution is -2.08. The molecule has 2 heterocycles. The van der Waals surface area contributed by atoms with Gasteiger partial charge in [-0.2, -0.15) is 10.2 Å². The molecule has 20 heavy (non-hydrogen) atoms. The molecule has 0 atom stereocenters. The van der Waals surface area contributed by atoms with Crippen molar-refractivity contribution in [2.45, 2.75) is 0 Å². The summed E-state index contributed by atoms with van der Waals surface area (Å²) in [5.74, 6) is 6.55. The first-order chi connectivity index (χ1) is 9.81. The van der Waals surface area contributed by atoms with E-state index in [9.17, 15) is 0 Å². The standard InChI is InChI=1S/C14H10N4O2/c15-8-11-14(9-4-1-2-5-10(9)19-11)20-13-7-3-6-12(17-13)18-16/h1-7H,16H2,(H,17,18). The van der Waals surface area contributed by atoms with Crippen molar-refractivity contribution in [2.24, 2.45) is 5.84 Å². The number of ether oxygens (including phenoxy) is 1. The summed E-state index contributed by atoms with van der Waals surface area (Å²) in [7, 11) is 0. The Labute approximate surface area is 114 Å². The van der Waals surface area contributed by atoms with Gasteiger partial charge in [0, 0.05) is 6.07 Å². The fourth-order valence-electron chi connectivity index (χ4n) is 1.85. The van der Waals surface area contributed by atoms with Crippen LogP contribution in [0.1, 0.15) is 5.76 Å². The fraction of sp³-hybridized carbons (Fsp3) is 0. The maximum Gasteiger partial charge on any atom is 0.247 e. The summed E-state index contributed by atoms with van der Waals surface area (Å²) in [5.41, 5.74) is 3.02. The normalized spacial score (nSPS) is 10.2. The minimum Gasteiger partial charge on any atom is -0.442 e. The van der Waals surface area contributed by atoms with Crippen LogP contribution in [0.4, 0.5) is 5.82 Å². The first-order valence-corrected chi connectivity index (χ1v) is 5.85. The minimum atomic E-state index is 0.110. The zero-order valence-corrected chi connectivity index (χ0v) is 10.3. The highest BCUT2D eigenvalue weighted by Crippen LogP contribution is 2.35. The second kappa shape index (κ2) is 4.91. The molecule has 0 amide bonds. The molecule has 0 radical (unpaired) electrons. The number of para-hydroxylation sites is 1. The van der Waals surface area contributed by atoms with Gasteiger partial charge in [0.2, 0.25) is 11.6 Å². The smallest absolute Gasteiger partial charge is 0.247 e. The largest absolute Gasteiger partial charge is 0.442 e. The van der Waals surface area contributed by atoms with E-state index in [1.807, 2.05) is 24.3 Å². The van der Waals surface area contributed by atoms with E-state index in [0.29, 0.717) is 23.0 Å². The molecule has 0 aliphatic carbocycles. The Morgan fingerprint density at radius 3 is 2.85 bits per heavy atom. The number of nitrogen functional groups attached to an aromatic ring is 1. The van der Waals surface area contributed by atoms with E-state index in [0.717, 1.165) is 5.39 Å². The summed E-state index contributed by atoms with van der Waals surface area (Å²) in [4.78, 5) is 4.14. The van der Waals surface area contributed by atoms with Crippen LogP contribution >= 0.6 is 0 Å². The highest BCUT2D eigenvalue weighted by molar-refractivity contribution is 5.86. The van der Waals surface area contributed by atoms with Gasteiger partial charge >= 0.3 is 0 Å². The molecule has 6 nitrogen and oxygen atoms in total. The Hall–Kier alpha value is -3.04. The van der Waals surface area contributed by atoms with Gasteiger partial charge in [-0.3, -0.25) is 0 Å². The zero-order valence-electron chi connectivity index (χ0n) is 10.3. The highest BCUT2D eigenvalue weighted by Gasteiger charge is 2.16. The summed E-state index contributed by atoms with van der Waals surface area (Å²) in [6, 6.07) is 14.3. The van der Waals surface area contributed by atoms with Crippen molar-refractivity contribution in [3.8, 4) is 17.7 Å². The summed E-state index contributed by atoms with van der Waals surface area (Å²) >= 11 is 0. The van der Waals surface area contributed by atoms with Gasteiger partial charge in [-0.15, -0.1) is 0 Å². The van der Waals surface area contributed by atoms with Gasteiger partial charge in [0.25, 0.3) is 0 Å². The van der Waals surface area contributed by atoms with Crippen molar-refractivity contribution in [3.63, 3.8) is 0 Å². The van der Waals surface area contributed by atoms with Gasteiger partial charge in [-0.25, -0.2) is 5.84 Å². The van der Waals surface area contributed by atoms with E-state index in [4.69, 9.17) is 20.3 Å². The lowest BCUT2D eigenvalue weighted by atomic mass is 10.2. The predicted molar refractivity (Wildman–Crippen MR) is 73.1 cm³/mol. The van der Waals surface area contributed by atoms with E-state index in [1.54, 1.807) is 24.3 Å². The van der Waals surface area contributed by atoms with Gasteiger partial charge in [0.05, 0.1) is 5.39 Å². The van der Waals surface area contributed by atoms with Crippen molar-refractivity contribution >= 4 is 16.8 Å². The molecule has 0 bridgehead atoms. The Bertz CT molecular complexity index is 804. The summed E-state index contributed by atoms with van der Waals surface area (Å²) in [6.45, 7) is 0. The lowest BCUT2D eigenvalue weighted by Gasteiger charge is -2.05. The maximum absolute atomic E-state index is 9.12. The van der Waals surface area contributed by atoms with E-state index >= 15 is 0 Å². The third kappa shape index (κ3) is 2.02. The number of hydrogen-bond donors (Lipinski definition) is 2. The zero-order chi connectivity index (χ0) is 13.9. The SMILES string of the molecule is N#Cc1oc2ccccc2c1Oc1cccc(NN)n1. The first-order valence-electron chi connectivity index (χ1n) is 5.85. The van der Waals surface area contributed by atoms with Crippen molar-refractivity contribution in [1.82, 2.24) is 4.98 Å². The van der Waals surface area contributed by atoms with Crippen molar-refractivity contribution in [1.29, 1.82) is 5.26 Å². The van der Waals surface area contributed by atoms with Crippen molar-refractivity contribution in [2.75, 3.05) is 5.43 Å². The number of hydrogen-bond acceptors (Lipinski definition) is 6. The molecule has 6 heteroatoms. The Morgan fingerprint density at radius 1 is 1.20 bits per heavy atom. The van der Waals surface area contributed by atoms with E-state index < -0.39 is 0 Å². The van der Waals surface area contributed by atoms with Gasteiger partial charge in [-0.05, 0) is 18.2 Å². The molecule has 3 aromatic rings. The third-order valence-electron chi connectivity index (χ3n) is 2.73. The molecular formula is C14H10N4O2. The monoisotopic (exact) mass is 266 g/mol. The number of nitrogens with two attached hydrogens (primary N) is 1. The van der Waals surface area contributed by atoms with Crippen LogP contribution in [0.3, 0.4) is 0 Å². The van der Waals surface area contributed by atoms with Gasteiger partial charge in [0.15, 0.2) is 5.75 Å². The highest BCUT2D eigenvalue weighted by atomic mass is 16.5. The molecule has 1 aromatic carbocycles. The second-order valence-electron chi connectivity index (χ2n) is 3.98. The van der Waals surface area contributed by atoms with Crippen LogP contribution in [0.2, 0.25) is 0 Å². The summed E-state index contributed by atoms with van der Waals surface area (Å²) in [5, 5.41) is 9.84. The molecule has 0 spiro atoms. The third-order valence-corrected chi connectivity index (χ3v) is 2.73. The predicted octanol–water partition coefficient (Wildman–Crippen LogP) is 2.78. The fourth-order valence-corrected chi connectivity index (χ4v) is 1.85. The minimum absolute atomic E-state index is 0.110. The Kier molecular flexibility index (Phi) is 2.95. The van der Waals surface area contributed by atoms with Crippen LogP contribution in [0, 0.1) is 11.3 Å². The van der Waals surface area contributed by atoms with Crippen molar-refractivity contribution < 1.29 is 9.15 Å². The topological polar surface area (TPSA) is 97.1 Å². The molecule has 3 rings (SSSR count). The number of rotatable bonds is 3. The molecule has 2 aromatic heterocycles.